The quantitative estimate of drug-likeness (QED) is 0.555. The van der Waals surface area contributed by atoms with E-state index in [-0.39, 0.29) is 18.3 Å². The van der Waals surface area contributed by atoms with Crippen molar-refractivity contribution in [1.82, 2.24) is 4.90 Å². The Bertz CT molecular complexity index is 789. The summed E-state index contributed by atoms with van der Waals surface area (Å²) in [5, 5.41) is 0. The molecule has 0 N–H and O–H groups in total. The van der Waals surface area contributed by atoms with Gasteiger partial charge in [0, 0.05) is 19.7 Å². The molecule has 0 bridgehead atoms. The fraction of sp³-hybridized carbons (Fsp3) is 0.273. The number of allylic oxidation sites excluding steroid dienone is 1. The van der Waals surface area contributed by atoms with Gasteiger partial charge in [0.15, 0.2) is 12.4 Å². The maximum Gasteiger partial charge on any atom is 0.259 e. The van der Waals surface area contributed by atoms with Crippen molar-refractivity contribution in [2.75, 3.05) is 20.7 Å². The zero-order valence-electron chi connectivity index (χ0n) is 15.7. The van der Waals surface area contributed by atoms with Gasteiger partial charge in [0.25, 0.3) is 5.91 Å². The molecule has 0 saturated carbocycles. The summed E-state index contributed by atoms with van der Waals surface area (Å²) in [7, 11) is 3.34. The van der Waals surface area contributed by atoms with Gasteiger partial charge in [-0.2, -0.15) is 0 Å². The summed E-state index contributed by atoms with van der Waals surface area (Å²) in [5.74, 6) is 0.742. The minimum Gasteiger partial charge on any atom is -0.484 e. The predicted molar refractivity (Wildman–Crippen MR) is 105 cm³/mol. The van der Waals surface area contributed by atoms with Crippen molar-refractivity contribution < 1.29 is 14.3 Å². The molecular weight excluding hydrogens is 326 g/mol. The molecule has 2 rings (SSSR count). The van der Waals surface area contributed by atoms with Gasteiger partial charge in [-0.15, -0.1) is 0 Å². The standard InChI is InChI=1S/C22H25NO3/c1-16(2)18-11-8-17(9-12-18)10-13-21(24)19-6-5-7-20(14-19)26-15-22(25)23(3)4/h5-14,16H,15H2,1-4H3. The first-order valence-corrected chi connectivity index (χ1v) is 8.62. The third-order valence-corrected chi connectivity index (χ3v) is 4.01. The lowest BCUT2D eigenvalue weighted by atomic mass is 10.0. The number of rotatable bonds is 7. The molecule has 0 unspecified atom stereocenters. The fourth-order valence-electron chi connectivity index (χ4n) is 2.27. The number of ether oxygens (including phenoxy) is 1. The van der Waals surface area contributed by atoms with E-state index in [9.17, 15) is 9.59 Å². The lowest BCUT2D eigenvalue weighted by molar-refractivity contribution is -0.130. The summed E-state index contributed by atoms with van der Waals surface area (Å²) in [6.07, 6.45) is 3.35. The van der Waals surface area contributed by atoms with Gasteiger partial charge in [0.1, 0.15) is 5.75 Å². The van der Waals surface area contributed by atoms with Crippen LogP contribution in [-0.2, 0) is 4.79 Å². The van der Waals surface area contributed by atoms with E-state index in [0.29, 0.717) is 17.2 Å². The Morgan fingerprint density at radius 3 is 2.38 bits per heavy atom. The van der Waals surface area contributed by atoms with Crippen LogP contribution in [0.4, 0.5) is 0 Å². The monoisotopic (exact) mass is 351 g/mol. The van der Waals surface area contributed by atoms with E-state index in [1.807, 2.05) is 12.1 Å². The smallest absolute Gasteiger partial charge is 0.259 e. The van der Waals surface area contributed by atoms with Gasteiger partial charge in [-0.1, -0.05) is 56.3 Å². The van der Waals surface area contributed by atoms with Crippen LogP contribution >= 0.6 is 0 Å². The average Bonchev–Trinajstić information content (AvgIpc) is 2.64. The molecule has 2 aromatic carbocycles. The van der Waals surface area contributed by atoms with Gasteiger partial charge >= 0.3 is 0 Å². The summed E-state index contributed by atoms with van der Waals surface area (Å²) in [6.45, 7) is 4.24. The lowest BCUT2D eigenvalue weighted by Crippen LogP contribution is -2.27. The molecule has 4 heteroatoms. The Morgan fingerprint density at radius 2 is 1.77 bits per heavy atom. The van der Waals surface area contributed by atoms with E-state index >= 15 is 0 Å². The number of benzene rings is 2. The zero-order chi connectivity index (χ0) is 19.1. The highest BCUT2D eigenvalue weighted by Gasteiger charge is 2.07. The van der Waals surface area contributed by atoms with Crippen LogP contribution in [-0.4, -0.2) is 37.3 Å². The van der Waals surface area contributed by atoms with E-state index in [0.717, 1.165) is 5.56 Å². The summed E-state index contributed by atoms with van der Waals surface area (Å²) in [4.78, 5) is 25.4. The van der Waals surface area contributed by atoms with Crippen LogP contribution < -0.4 is 4.74 Å². The maximum atomic E-state index is 12.4. The van der Waals surface area contributed by atoms with Crippen molar-refractivity contribution in [2.24, 2.45) is 0 Å². The van der Waals surface area contributed by atoms with Crippen molar-refractivity contribution >= 4 is 17.8 Å². The molecule has 1 amide bonds. The molecule has 0 aliphatic carbocycles. The van der Waals surface area contributed by atoms with Crippen molar-refractivity contribution in [2.45, 2.75) is 19.8 Å². The van der Waals surface area contributed by atoms with Crippen LogP contribution in [0.15, 0.2) is 54.6 Å². The number of likely N-dealkylation sites (N-methyl/N-ethyl adjacent to an activating group) is 1. The topological polar surface area (TPSA) is 46.6 Å². The first kappa shape index (κ1) is 19.4. The molecule has 0 aliphatic heterocycles. The molecule has 0 aliphatic rings. The van der Waals surface area contributed by atoms with Crippen LogP contribution in [0.1, 0.15) is 41.3 Å². The first-order chi connectivity index (χ1) is 12.4. The molecule has 26 heavy (non-hydrogen) atoms. The largest absolute Gasteiger partial charge is 0.484 e. The number of carbonyl (C=O) groups excluding carboxylic acids is 2. The van der Waals surface area contributed by atoms with Crippen molar-refractivity contribution in [1.29, 1.82) is 0 Å². The highest BCUT2D eigenvalue weighted by Crippen LogP contribution is 2.17. The van der Waals surface area contributed by atoms with E-state index in [2.05, 4.69) is 26.0 Å². The number of ketones is 1. The summed E-state index contributed by atoms with van der Waals surface area (Å²) in [6, 6.07) is 15.0. The molecular formula is C22H25NO3. The summed E-state index contributed by atoms with van der Waals surface area (Å²) in [5.41, 5.74) is 2.77. The highest BCUT2D eigenvalue weighted by atomic mass is 16.5. The molecule has 0 heterocycles. The Hall–Kier alpha value is -2.88. The molecule has 0 radical (unpaired) electrons. The SMILES string of the molecule is CC(C)c1ccc(C=CC(=O)c2cccc(OCC(=O)N(C)C)c2)cc1. The van der Waals surface area contributed by atoms with E-state index in [1.165, 1.54) is 10.5 Å². The summed E-state index contributed by atoms with van der Waals surface area (Å²) >= 11 is 0. The molecule has 0 spiro atoms. The van der Waals surface area contributed by atoms with E-state index in [4.69, 9.17) is 4.74 Å². The number of nitrogens with zero attached hydrogens (tertiary/aromatic N) is 1. The Morgan fingerprint density at radius 1 is 1.08 bits per heavy atom. The lowest BCUT2D eigenvalue weighted by Gasteiger charge is -2.11. The fourth-order valence-corrected chi connectivity index (χ4v) is 2.27. The molecule has 0 saturated heterocycles. The predicted octanol–water partition coefficient (Wildman–Crippen LogP) is 4.17. The van der Waals surface area contributed by atoms with Crippen LogP contribution in [0.25, 0.3) is 6.08 Å². The average molecular weight is 351 g/mol. The van der Waals surface area contributed by atoms with Crippen molar-refractivity contribution in [3.63, 3.8) is 0 Å². The Balaban J connectivity index is 2.02. The third kappa shape index (κ3) is 5.59. The number of amides is 1. The molecule has 4 nitrogen and oxygen atoms in total. The van der Waals surface area contributed by atoms with Crippen molar-refractivity contribution in [3.05, 3.63) is 71.3 Å². The van der Waals surface area contributed by atoms with Crippen LogP contribution in [0.5, 0.6) is 5.75 Å². The number of carbonyl (C=O) groups is 2. The third-order valence-electron chi connectivity index (χ3n) is 4.01. The second kappa shape index (κ2) is 8.99. The van der Waals surface area contributed by atoms with Crippen molar-refractivity contribution in [3.8, 4) is 5.75 Å². The molecule has 0 aromatic heterocycles. The van der Waals surface area contributed by atoms with Crippen LogP contribution in [0.3, 0.4) is 0 Å². The molecule has 136 valence electrons. The zero-order valence-corrected chi connectivity index (χ0v) is 15.7. The van der Waals surface area contributed by atoms with Crippen LogP contribution in [0.2, 0.25) is 0 Å². The Kier molecular flexibility index (Phi) is 6.73. The molecule has 0 fully saturated rings. The second-order valence-electron chi connectivity index (χ2n) is 6.62. The van der Waals surface area contributed by atoms with Gasteiger partial charge in [0.05, 0.1) is 0 Å². The number of hydrogen-bond donors (Lipinski definition) is 0. The first-order valence-electron chi connectivity index (χ1n) is 8.62. The minimum absolute atomic E-state index is 0.0529. The highest BCUT2D eigenvalue weighted by molar-refractivity contribution is 6.07. The van der Waals surface area contributed by atoms with Gasteiger partial charge < -0.3 is 9.64 Å². The number of hydrogen-bond acceptors (Lipinski definition) is 3. The van der Waals surface area contributed by atoms with Gasteiger partial charge in [0.2, 0.25) is 0 Å². The van der Waals surface area contributed by atoms with Gasteiger partial charge in [-0.3, -0.25) is 9.59 Å². The van der Waals surface area contributed by atoms with E-state index < -0.39 is 0 Å². The van der Waals surface area contributed by atoms with Crippen LogP contribution in [0, 0.1) is 0 Å². The molecule has 2 aromatic rings. The van der Waals surface area contributed by atoms with E-state index in [1.54, 1.807) is 50.5 Å². The maximum absolute atomic E-state index is 12.4. The normalized spacial score (nSPS) is 11.0. The minimum atomic E-state index is -0.133. The molecule has 0 atom stereocenters. The Labute approximate surface area is 155 Å². The second-order valence-corrected chi connectivity index (χ2v) is 6.62. The van der Waals surface area contributed by atoms with Gasteiger partial charge in [-0.25, -0.2) is 0 Å². The van der Waals surface area contributed by atoms with Gasteiger partial charge in [-0.05, 0) is 35.3 Å². The summed E-state index contributed by atoms with van der Waals surface area (Å²) < 4.78 is 5.45.